The Kier molecular flexibility index (Phi) is 6.75. The first kappa shape index (κ1) is 14.6. The maximum Gasteiger partial charge on any atom is -0.0108 e. The lowest BCUT2D eigenvalue weighted by atomic mass is 9.96. The van der Waals surface area contributed by atoms with Gasteiger partial charge >= 0.3 is 0 Å². The smallest absolute Gasteiger partial charge is 0.0108 e. The molecule has 0 heterocycles. The van der Waals surface area contributed by atoms with Crippen molar-refractivity contribution >= 4 is 11.8 Å². The van der Waals surface area contributed by atoms with E-state index in [0.29, 0.717) is 0 Å². The van der Waals surface area contributed by atoms with E-state index >= 15 is 0 Å². The first-order valence-corrected chi connectivity index (χ1v) is 6.74. The molecule has 0 aromatic rings. The van der Waals surface area contributed by atoms with E-state index < -0.39 is 0 Å². The van der Waals surface area contributed by atoms with Crippen molar-refractivity contribution in [3.8, 4) is 0 Å². The third-order valence-electron chi connectivity index (χ3n) is 2.69. The van der Waals surface area contributed by atoms with Crippen molar-refractivity contribution < 1.29 is 0 Å². The second-order valence-corrected chi connectivity index (χ2v) is 5.08. The number of allylic oxidation sites excluding steroid dienone is 6. The summed E-state index contributed by atoms with van der Waals surface area (Å²) >= 11 is 1.84. The summed E-state index contributed by atoms with van der Waals surface area (Å²) in [5.74, 6) is 0. The Morgan fingerprint density at radius 2 is 1.60 bits per heavy atom. The van der Waals surface area contributed by atoms with Crippen molar-refractivity contribution in [2.45, 2.75) is 48.0 Å². The molecule has 0 amide bonds. The summed E-state index contributed by atoms with van der Waals surface area (Å²) in [7, 11) is 0. The van der Waals surface area contributed by atoms with E-state index in [-0.39, 0.29) is 0 Å². The van der Waals surface area contributed by atoms with E-state index in [1.807, 2.05) is 11.8 Å². The molecule has 0 bridgehead atoms. The summed E-state index contributed by atoms with van der Waals surface area (Å²) in [5, 5.41) is 0. The van der Waals surface area contributed by atoms with Crippen molar-refractivity contribution in [3.63, 3.8) is 0 Å². The fourth-order valence-electron chi connectivity index (χ4n) is 1.60. The highest BCUT2D eigenvalue weighted by atomic mass is 32.2. The highest BCUT2D eigenvalue weighted by Crippen LogP contribution is 2.29. The topological polar surface area (TPSA) is 0 Å². The average molecular weight is 224 g/mol. The van der Waals surface area contributed by atoms with Gasteiger partial charge in [0, 0.05) is 0 Å². The molecule has 0 spiro atoms. The molecule has 0 aromatic carbocycles. The van der Waals surface area contributed by atoms with Crippen LogP contribution in [0.15, 0.2) is 33.3 Å². The molecule has 0 saturated heterocycles. The highest BCUT2D eigenvalue weighted by molar-refractivity contribution is 8.02. The first-order chi connectivity index (χ1) is 6.95. The van der Waals surface area contributed by atoms with Gasteiger partial charge in [0.05, 0.1) is 0 Å². The van der Waals surface area contributed by atoms with Crippen LogP contribution in [0.3, 0.4) is 0 Å². The summed E-state index contributed by atoms with van der Waals surface area (Å²) in [5.41, 5.74) is 5.67. The number of rotatable bonds is 4. The van der Waals surface area contributed by atoms with Gasteiger partial charge in [-0.05, 0) is 68.9 Å². The second kappa shape index (κ2) is 6.95. The molecule has 0 atom stereocenters. The van der Waals surface area contributed by atoms with Gasteiger partial charge in [0.15, 0.2) is 0 Å². The number of hydrogen-bond acceptors (Lipinski definition) is 1. The molecule has 0 aliphatic heterocycles. The van der Waals surface area contributed by atoms with Gasteiger partial charge < -0.3 is 0 Å². The molecular weight excluding hydrogens is 200 g/mol. The van der Waals surface area contributed by atoms with Crippen molar-refractivity contribution in [3.05, 3.63) is 33.3 Å². The molecule has 0 rings (SSSR count). The van der Waals surface area contributed by atoms with E-state index in [1.54, 1.807) is 0 Å². The molecule has 0 saturated carbocycles. The van der Waals surface area contributed by atoms with Crippen LogP contribution in [0, 0.1) is 0 Å². The number of hydrogen-bond donors (Lipinski definition) is 0. The Hall–Kier alpha value is -0.430. The summed E-state index contributed by atoms with van der Waals surface area (Å²) in [6, 6.07) is 0. The molecule has 0 fully saturated rings. The van der Waals surface area contributed by atoms with Crippen LogP contribution in [0.4, 0.5) is 0 Å². The van der Waals surface area contributed by atoms with E-state index in [1.165, 1.54) is 27.2 Å². The molecule has 0 N–H and O–H groups in total. The lowest BCUT2D eigenvalue weighted by molar-refractivity contribution is 1.15. The SMILES string of the molecule is CC/C=C(C)\C(C(C)=C(C)C)=C(\C)SC. The summed E-state index contributed by atoms with van der Waals surface area (Å²) in [6.45, 7) is 13.2. The van der Waals surface area contributed by atoms with Crippen molar-refractivity contribution in [1.29, 1.82) is 0 Å². The van der Waals surface area contributed by atoms with E-state index in [0.717, 1.165) is 6.42 Å². The molecular formula is C14H24S. The zero-order chi connectivity index (χ0) is 12.0. The van der Waals surface area contributed by atoms with Crippen LogP contribution in [-0.4, -0.2) is 6.26 Å². The van der Waals surface area contributed by atoms with Gasteiger partial charge in [-0.3, -0.25) is 0 Å². The minimum Gasteiger partial charge on any atom is -0.134 e. The van der Waals surface area contributed by atoms with Gasteiger partial charge in [-0.25, -0.2) is 0 Å². The van der Waals surface area contributed by atoms with Gasteiger partial charge in [0.2, 0.25) is 0 Å². The molecule has 0 aliphatic carbocycles. The zero-order valence-corrected chi connectivity index (χ0v) is 12.0. The van der Waals surface area contributed by atoms with Crippen LogP contribution < -0.4 is 0 Å². The normalized spacial score (nSPS) is 13.7. The lowest BCUT2D eigenvalue weighted by Gasteiger charge is -2.14. The van der Waals surface area contributed by atoms with Crippen LogP contribution in [0.5, 0.6) is 0 Å². The molecule has 0 unspecified atom stereocenters. The van der Waals surface area contributed by atoms with Gasteiger partial charge in [-0.1, -0.05) is 18.6 Å². The van der Waals surface area contributed by atoms with Crippen molar-refractivity contribution in [2.24, 2.45) is 0 Å². The molecule has 0 aromatic heterocycles. The van der Waals surface area contributed by atoms with Crippen LogP contribution in [0.25, 0.3) is 0 Å². The van der Waals surface area contributed by atoms with Gasteiger partial charge in [-0.15, -0.1) is 11.8 Å². The maximum absolute atomic E-state index is 2.31. The fourth-order valence-corrected chi connectivity index (χ4v) is 2.12. The summed E-state index contributed by atoms with van der Waals surface area (Å²) in [6.07, 6.45) is 5.56. The van der Waals surface area contributed by atoms with Crippen molar-refractivity contribution in [1.82, 2.24) is 0 Å². The van der Waals surface area contributed by atoms with Crippen LogP contribution in [-0.2, 0) is 0 Å². The molecule has 0 radical (unpaired) electrons. The van der Waals surface area contributed by atoms with Gasteiger partial charge in [-0.2, -0.15) is 0 Å². The Balaban J connectivity index is 5.48. The highest BCUT2D eigenvalue weighted by Gasteiger charge is 2.07. The Bertz CT molecular complexity index is 299. The first-order valence-electron chi connectivity index (χ1n) is 5.52. The predicted octanol–water partition coefficient (Wildman–Crippen LogP) is 5.34. The lowest BCUT2D eigenvalue weighted by Crippen LogP contribution is -1.94. The minimum absolute atomic E-state index is 1.10. The second-order valence-electron chi connectivity index (χ2n) is 4.06. The van der Waals surface area contributed by atoms with Crippen LogP contribution in [0.1, 0.15) is 48.0 Å². The van der Waals surface area contributed by atoms with Crippen molar-refractivity contribution in [2.75, 3.05) is 6.26 Å². The van der Waals surface area contributed by atoms with Gasteiger partial charge in [0.25, 0.3) is 0 Å². The monoisotopic (exact) mass is 224 g/mol. The molecule has 15 heavy (non-hydrogen) atoms. The average Bonchev–Trinajstić information content (AvgIpc) is 2.17. The number of thioether (sulfide) groups is 1. The third kappa shape index (κ3) is 4.29. The predicted molar refractivity (Wildman–Crippen MR) is 74.3 cm³/mol. The Morgan fingerprint density at radius 3 is 1.93 bits per heavy atom. The van der Waals surface area contributed by atoms with E-state index in [4.69, 9.17) is 0 Å². The molecule has 86 valence electrons. The third-order valence-corrected chi connectivity index (χ3v) is 3.50. The van der Waals surface area contributed by atoms with Gasteiger partial charge in [0.1, 0.15) is 0 Å². The zero-order valence-electron chi connectivity index (χ0n) is 11.2. The molecule has 0 aliphatic rings. The van der Waals surface area contributed by atoms with E-state index in [9.17, 15) is 0 Å². The van der Waals surface area contributed by atoms with Crippen LogP contribution >= 0.6 is 11.8 Å². The Morgan fingerprint density at radius 1 is 1.07 bits per heavy atom. The quantitative estimate of drug-likeness (QED) is 0.581. The van der Waals surface area contributed by atoms with Crippen LogP contribution in [0.2, 0.25) is 0 Å². The fraction of sp³-hybridized carbons (Fsp3) is 0.571. The minimum atomic E-state index is 1.10. The Labute approximate surface area is 99.5 Å². The molecule has 0 nitrogen and oxygen atoms in total. The maximum atomic E-state index is 2.31. The summed E-state index contributed by atoms with van der Waals surface area (Å²) in [4.78, 5) is 1.41. The standard InChI is InChI=1S/C14H24S/c1-8-9-11(4)14(13(6)15-7)12(5)10(2)3/h9H,8H2,1-7H3/b11-9-,14-13+. The van der Waals surface area contributed by atoms with E-state index in [2.05, 4.69) is 53.9 Å². The molecule has 1 heteroatoms. The largest absolute Gasteiger partial charge is 0.134 e. The summed E-state index contributed by atoms with van der Waals surface area (Å²) < 4.78 is 0.